The van der Waals surface area contributed by atoms with Gasteiger partial charge in [0.05, 0.1) is 5.69 Å². The molecule has 4 heteroatoms. The molecule has 1 unspecified atom stereocenters. The zero-order valence-electron chi connectivity index (χ0n) is 12.6. The van der Waals surface area contributed by atoms with Gasteiger partial charge in [0.2, 0.25) is 0 Å². The van der Waals surface area contributed by atoms with E-state index in [1.54, 1.807) is 0 Å². The Balaban J connectivity index is 2.19. The van der Waals surface area contributed by atoms with Gasteiger partial charge in [-0.15, -0.1) is 0 Å². The molecule has 0 saturated heterocycles. The van der Waals surface area contributed by atoms with Crippen molar-refractivity contribution in [3.63, 3.8) is 0 Å². The fourth-order valence-electron chi connectivity index (χ4n) is 2.47. The lowest BCUT2D eigenvalue weighted by Crippen LogP contribution is -2.25. The van der Waals surface area contributed by atoms with Crippen LogP contribution >= 0.6 is 0 Å². The lowest BCUT2D eigenvalue weighted by molar-refractivity contribution is 0.502. The van der Waals surface area contributed by atoms with E-state index in [9.17, 15) is 0 Å². The number of aryl methyl sites for hydroxylation is 2. The van der Waals surface area contributed by atoms with Crippen molar-refractivity contribution in [2.45, 2.75) is 46.2 Å². The Labute approximate surface area is 121 Å². The van der Waals surface area contributed by atoms with Crippen molar-refractivity contribution >= 4 is 0 Å². The Morgan fingerprint density at radius 3 is 2.65 bits per heavy atom. The van der Waals surface area contributed by atoms with Gasteiger partial charge in [0.25, 0.3) is 0 Å². The van der Waals surface area contributed by atoms with Crippen LogP contribution in [0.25, 0.3) is 0 Å². The molecule has 2 aromatic rings. The van der Waals surface area contributed by atoms with Gasteiger partial charge in [-0.05, 0) is 50.6 Å². The average molecular weight is 272 g/mol. The summed E-state index contributed by atoms with van der Waals surface area (Å²) in [6.07, 6.45) is 5.81. The first-order valence-electron chi connectivity index (χ1n) is 7.41. The third-order valence-electron chi connectivity index (χ3n) is 3.45. The maximum absolute atomic E-state index is 4.53. The van der Waals surface area contributed by atoms with Crippen LogP contribution in [0.1, 0.15) is 43.3 Å². The van der Waals surface area contributed by atoms with Crippen LogP contribution in [0.3, 0.4) is 0 Å². The van der Waals surface area contributed by atoms with Crippen LogP contribution in [0.15, 0.2) is 30.6 Å². The third kappa shape index (κ3) is 3.67. The van der Waals surface area contributed by atoms with Crippen LogP contribution in [-0.4, -0.2) is 21.3 Å². The third-order valence-corrected chi connectivity index (χ3v) is 3.45. The first-order valence-corrected chi connectivity index (χ1v) is 7.41. The molecule has 0 spiro atoms. The van der Waals surface area contributed by atoms with Gasteiger partial charge in [0.15, 0.2) is 0 Å². The average Bonchev–Trinajstić information content (AvgIpc) is 2.84. The Kier molecular flexibility index (Phi) is 5.30. The van der Waals surface area contributed by atoms with Crippen LogP contribution in [0, 0.1) is 6.92 Å². The summed E-state index contributed by atoms with van der Waals surface area (Å²) in [6.45, 7) is 8.32. The Bertz CT molecular complexity index is 519. The normalized spacial score (nSPS) is 12.6. The smallest absolute Gasteiger partial charge is 0.0596 e. The van der Waals surface area contributed by atoms with Gasteiger partial charge in [-0.3, -0.25) is 9.67 Å². The largest absolute Gasteiger partial charge is 0.310 e. The summed E-state index contributed by atoms with van der Waals surface area (Å²) in [5.74, 6) is 0. The first-order chi connectivity index (χ1) is 9.74. The van der Waals surface area contributed by atoms with Crippen LogP contribution in [-0.2, 0) is 13.0 Å². The van der Waals surface area contributed by atoms with Crippen molar-refractivity contribution < 1.29 is 0 Å². The number of nitrogens with one attached hydrogen (secondary N) is 1. The second-order valence-electron chi connectivity index (χ2n) is 5.08. The Hall–Kier alpha value is -1.68. The predicted molar refractivity (Wildman–Crippen MR) is 81.6 cm³/mol. The van der Waals surface area contributed by atoms with Crippen LogP contribution in [0.2, 0.25) is 0 Å². The minimum absolute atomic E-state index is 0.319. The van der Waals surface area contributed by atoms with Crippen molar-refractivity contribution in [2.24, 2.45) is 0 Å². The van der Waals surface area contributed by atoms with Crippen molar-refractivity contribution in [1.82, 2.24) is 20.1 Å². The molecule has 2 heterocycles. The fraction of sp³-hybridized carbons (Fsp3) is 0.500. The molecule has 2 aromatic heterocycles. The lowest BCUT2D eigenvalue weighted by atomic mass is 10.0. The Morgan fingerprint density at radius 2 is 2.00 bits per heavy atom. The van der Waals surface area contributed by atoms with Gasteiger partial charge in [0, 0.05) is 37.1 Å². The molecule has 108 valence electrons. The van der Waals surface area contributed by atoms with Crippen LogP contribution < -0.4 is 5.32 Å². The van der Waals surface area contributed by atoms with E-state index in [1.165, 1.54) is 11.3 Å². The topological polar surface area (TPSA) is 42.7 Å². The molecule has 0 amide bonds. The minimum Gasteiger partial charge on any atom is -0.310 e. The predicted octanol–water partition coefficient (Wildman–Crippen LogP) is 2.89. The van der Waals surface area contributed by atoms with Gasteiger partial charge in [0.1, 0.15) is 0 Å². The summed E-state index contributed by atoms with van der Waals surface area (Å²) >= 11 is 0. The van der Waals surface area contributed by atoms with E-state index >= 15 is 0 Å². The first kappa shape index (κ1) is 14.7. The number of hydrogen-bond acceptors (Lipinski definition) is 3. The maximum atomic E-state index is 4.53. The molecule has 20 heavy (non-hydrogen) atoms. The van der Waals surface area contributed by atoms with Gasteiger partial charge >= 0.3 is 0 Å². The highest BCUT2D eigenvalue weighted by Crippen LogP contribution is 2.18. The van der Waals surface area contributed by atoms with E-state index in [1.807, 2.05) is 12.4 Å². The highest BCUT2D eigenvalue weighted by atomic mass is 15.3. The Morgan fingerprint density at radius 1 is 1.25 bits per heavy atom. The van der Waals surface area contributed by atoms with Gasteiger partial charge in [-0.25, -0.2) is 0 Å². The molecule has 1 atom stereocenters. The summed E-state index contributed by atoms with van der Waals surface area (Å²) in [7, 11) is 0. The lowest BCUT2D eigenvalue weighted by Gasteiger charge is -2.19. The van der Waals surface area contributed by atoms with Gasteiger partial charge in [-0.2, -0.15) is 5.10 Å². The summed E-state index contributed by atoms with van der Waals surface area (Å²) in [6, 6.07) is 6.68. The fourth-order valence-corrected chi connectivity index (χ4v) is 2.47. The van der Waals surface area contributed by atoms with E-state index < -0.39 is 0 Å². The highest BCUT2D eigenvalue weighted by Gasteiger charge is 2.14. The second kappa shape index (κ2) is 7.20. The summed E-state index contributed by atoms with van der Waals surface area (Å²) in [5.41, 5.74) is 3.66. The molecule has 0 aliphatic heterocycles. The monoisotopic (exact) mass is 272 g/mol. The van der Waals surface area contributed by atoms with E-state index in [-0.39, 0.29) is 0 Å². The maximum Gasteiger partial charge on any atom is 0.0596 e. The second-order valence-corrected chi connectivity index (χ2v) is 5.08. The molecular weight excluding hydrogens is 248 g/mol. The molecule has 0 aromatic carbocycles. The molecular formula is C16H24N4. The standard InChI is InChI=1S/C16H24N4/c1-4-8-18-16(14-6-9-17-10-7-14)12-15-11-13(3)19-20(15)5-2/h6-7,9-11,16,18H,4-5,8,12H2,1-3H3. The number of hydrogen-bond donors (Lipinski definition) is 1. The minimum atomic E-state index is 0.319. The summed E-state index contributed by atoms with van der Waals surface area (Å²) in [4.78, 5) is 4.11. The van der Waals surface area contributed by atoms with Gasteiger partial charge < -0.3 is 5.32 Å². The molecule has 2 rings (SSSR count). The number of nitrogens with zero attached hydrogens (tertiary/aromatic N) is 3. The molecule has 1 N–H and O–H groups in total. The quantitative estimate of drug-likeness (QED) is 0.842. The molecule has 0 saturated carbocycles. The van der Waals surface area contributed by atoms with Gasteiger partial charge in [-0.1, -0.05) is 6.92 Å². The zero-order chi connectivity index (χ0) is 14.4. The van der Waals surface area contributed by atoms with E-state index in [0.717, 1.165) is 31.6 Å². The van der Waals surface area contributed by atoms with E-state index in [4.69, 9.17) is 0 Å². The van der Waals surface area contributed by atoms with E-state index in [0.29, 0.717) is 6.04 Å². The molecule has 0 bridgehead atoms. The SMILES string of the molecule is CCCNC(Cc1cc(C)nn1CC)c1ccncc1. The number of rotatable bonds is 7. The summed E-state index contributed by atoms with van der Waals surface area (Å²) in [5, 5.41) is 8.16. The van der Waals surface area contributed by atoms with Crippen LogP contribution in [0.4, 0.5) is 0 Å². The zero-order valence-corrected chi connectivity index (χ0v) is 12.6. The molecule has 0 fully saturated rings. The molecule has 0 radical (unpaired) electrons. The molecule has 0 aliphatic rings. The summed E-state index contributed by atoms with van der Waals surface area (Å²) < 4.78 is 2.09. The number of pyridine rings is 1. The molecule has 4 nitrogen and oxygen atoms in total. The van der Waals surface area contributed by atoms with Crippen molar-refractivity contribution in [3.8, 4) is 0 Å². The molecule has 0 aliphatic carbocycles. The van der Waals surface area contributed by atoms with Crippen molar-refractivity contribution in [2.75, 3.05) is 6.54 Å². The van der Waals surface area contributed by atoms with Crippen molar-refractivity contribution in [3.05, 3.63) is 47.5 Å². The number of aromatic nitrogens is 3. The van der Waals surface area contributed by atoms with E-state index in [2.05, 4.69) is 59.1 Å². The highest BCUT2D eigenvalue weighted by molar-refractivity contribution is 5.19. The van der Waals surface area contributed by atoms with Crippen molar-refractivity contribution in [1.29, 1.82) is 0 Å². The van der Waals surface area contributed by atoms with Crippen LogP contribution in [0.5, 0.6) is 0 Å².